The van der Waals surface area contributed by atoms with E-state index in [-0.39, 0.29) is 18.2 Å². The van der Waals surface area contributed by atoms with E-state index >= 15 is 0 Å². The first-order valence-electron chi connectivity index (χ1n) is 10.4. The highest BCUT2D eigenvalue weighted by Gasteiger charge is 2.24. The third-order valence-electron chi connectivity index (χ3n) is 5.18. The van der Waals surface area contributed by atoms with Crippen LogP contribution in [0.25, 0.3) is 10.9 Å². The van der Waals surface area contributed by atoms with E-state index in [0.717, 1.165) is 28.5 Å². The number of aromatic amines is 1. The lowest BCUT2D eigenvalue weighted by atomic mass is 10.0. The average Bonchev–Trinajstić information content (AvgIpc) is 3.19. The van der Waals surface area contributed by atoms with Gasteiger partial charge in [-0.25, -0.2) is 0 Å². The molecular weight excluding hydrogens is 392 g/mol. The van der Waals surface area contributed by atoms with Crippen molar-refractivity contribution in [3.05, 3.63) is 71.4 Å². The lowest BCUT2D eigenvalue weighted by Gasteiger charge is -2.20. The minimum atomic E-state index is -0.836. The van der Waals surface area contributed by atoms with E-state index in [1.54, 1.807) is 26.0 Å². The minimum absolute atomic E-state index is 0.235. The van der Waals surface area contributed by atoms with Gasteiger partial charge in [-0.3, -0.25) is 25.2 Å². The van der Waals surface area contributed by atoms with Crippen molar-refractivity contribution in [2.75, 3.05) is 0 Å². The number of aryl methyl sites for hydroxylation is 1. The zero-order chi connectivity index (χ0) is 22.4. The van der Waals surface area contributed by atoms with Crippen molar-refractivity contribution in [2.45, 2.75) is 39.7 Å². The molecule has 2 aromatic carbocycles. The van der Waals surface area contributed by atoms with Crippen molar-refractivity contribution in [1.29, 1.82) is 0 Å². The van der Waals surface area contributed by atoms with E-state index in [4.69, 9.17) is 0 Å². The number of carbonyl (C=O) groups is 3. The maximum absolute atomic E-state index is 12.8. The number of para-hydroxylation sites is 1. The molecule has 4 N–H and O–H groups in total. The Hall–Kier alpha value is -3.61. The van der Waals surface area contributed by atoms with Gasteiger partial charge in [0.05, 0.1) is 0 Å². The molecule has 162 valence electrons. The first kappa shape index (κ1) is 22.1. The molecular formula is C24H28N4O3. The van der Waals surface area contributed by atoms with Gasteiger partial charge in [0.15, 0.2) is 0 Å². The van der Waals surface area contributed by atoms with E-state index < -0.39 is 17.9 Å². The van der Waals surface area contributed by atoms with Crippen molar-refractivity contribution < 1.29 is 14.4 Å². The molecule has 3 amide bonds. The van der Waals surface area contributed by atoms with Crippen LogP contribution in [0.15, 0.2) is 54.7 Å². The number of nitrogens with one attached hydrogen (secondary N) is 4. The maximum Gasteiger partial charge on any atom is 0.269 e. The van der Waals surface area contributed by atoms with Crippen molar-refractivity contribution in [2.24, 2.45) is 5.92 Å². The lowest BCUT2D eigenvalue weighted by Crippen LogP contribution is -2.53. The van der Waals surface area contributed by atoms with Crippen LogP contribution < -0.4 is 16.2 Å². The third-order valence-corrected chi connectivity index (χ3v) is 5.18. The minimum Gasteiger partial charge on any atom is -0.361 e. The van der Waals surface area contributed by atoms with Crippen molar-refractivity contribution in [3.63, 3.8) is 0 Å². The summed E-state index contributed by atoms with van der Waals surface area (Å²) in [7, 11) is 0. The SMILES string of the molecule is CCc1ccc(C(=O)NNC(=O)C(Cc2c[nH]c3ccccc23)NC(=O)C(C)C)cc1. The van der Waals surface area contributed by atoms with Gasteiger partial charge in [0, 0.05) is 35.0 Å². The number of benzene rings is 2. The van der Waals surface area contributed by atoms with Gasteiger partial charge in [-0.15, -0.1) is 0 Å². The molecule has 7 heteroatoms. The second-order valence-corrected chi connectivity index (χ2v) is 7.77. The summed E-state index contributed by atoms with van der Waals surface area (Å²) in [5.74, 6) is -1.42. The monoisotopic (exact) mass is 420 g/mol. The number of H-pyrrole nitrogens is 1. The fourth-order valence-electron chi connectivity index (χ4n) is 3.24. The Kier molecular flexibility index (Phi) is 7.07. The summed E-state index contributed by atoms with van der Waals surface area (Å²) in [4.78, 5) is 40.7. The van der Waals surface area contributed by atoms with Crippen LogP contribution in [0, 0.1) is 5.92 Å². The summed E-state index contributed by atoms with van der Waals surface area (Å²) in [6.45, 7) is 5.56. The average molecular weight is 421 g/mol. The second-order valence-electron chi connectivity index (χ2n) is 7.77. The molecule has 3 rings (SSSR count). The molecule has 0 bridgehead atoms. The van der Waals surface area contributed by atoms with Gasteiger partial charge in [0.25, 0.3) is 11.8 Å². The van der Waals surface area contributed by atoms with Gasteiger partial charge in [0.1, 0.15) is 6.04 Å². The Balaban J connectivity index is 1.70. The lowest BCUT2D eigenvalue weighted by molar-refractivity contribution is -0.130. The largest absolute Gasteiger partial charge is 0.361 e. The molecule has 3 aromatic rings. The molecule has 1 aromatic heterocycles. The number of hydrogen-bond donors (Lipinski definition) is 4. The van der Waals surface area contributed by atoms with Gasteiger partial charge in [-0.05, 0) is 35.7 Å². The highest BCUT2D eigenvalue weighted by atomic mass is 16.2. The third kappa shape index (κ3) is 5.51. The standard InChI is InChI=1S/C24H28N4O3/c1-4-16-9-11-17(12-10-16)23(30)27-28-24(31)21(26-22(29)15(2)3)13-18-14-25-20-8-6-5-7-19(18)20/h5-12,14-15,21,25H,4,13H2,1-3H3,(H,26,29)(H,27,30)(H,28,31). The van der Waals surface area contributed by atoms with Crippen LogP contribution in [0.5, 0.6) is 0 Å². The molecule has 0 aliphatic heterocycles. The van der Waals surface area contributed by atoms with E-state index in [1.807, 2.05) is 49.5 Å². The van der Waals surface area contributed by atoms with Crippen LogP contribution in [-0.4, -0.2) is 28.7 Å². The molecule has 1 atom stereocenters. The molecule has 1 unspecified atom stereocenters. The number of aromatic nitrogens is 1. The zero-order valence-electron chi connectivity index (χ0n) is 18.0. The Morgan fingerprint density at radius 2 is 1.65 bits per heavy atom. The summed E-state index contributed by atoms with van der Waals surface area (Å²) in [6.07, 6.45) is 3.00. The Morgan fingerprint density at radius 1 is 0.935 bits per heavy atom. The fraction of sp³-hybridized carbons (Fsp3) is 0.292. The van der Waals surface area contributed by atoms with Crippen LogP contribution in [0.1, 0.15) is 42.3 Å². The summed E-state index contributed by atoms with van der Waals surface area (Å²) < 4.78 is 0. The molecule has 7 nitrogen and oxygen atoms in total. The number of rotatable bonds is 7. The van der Waals surface area contributed by atoms with E-state index in [2.05, 4.69) is 21.2 Å². The Morgan fingerprint density at radius 3 is 2.32 bits per heavy atom. The second kappa shape index (κ2) is 9.93. The highest BCUT2D eigenvalue weighted by Crippen LogP contribution is 2.19. The number of hydrazine groups is 1. The predicted molar refractivity (Wildman–Crippen MR) is 120 cm³/mol. The number of hydrogen-bond acceptors (Lipinski definition) is 3. The van der Waals surface area contributed by atoms with Crippen LogP contribution in [0.2, 0.25) is 0 Å². The van der Waals surface area contributed by atoms with Crippen LogP contribution >= 0.6 is 0 Å². The fourth-order valence-corrected chi connectivity index (χ4v) is 3.24. The predicted octanol–water partition coefficient (Wildman–Crippen LogP) is 2.87. The first-order valence-corrected chi connectivity index (χ1v) is 10.4. The molecule has 1 heterocycles. The molecule has 0 fully saturated rings. The van der Waals surface area contributed by atoms with Crippen LogP contribution in [-0.2, 0) is 22.4 Å². The molecule has 0 saturated carbocycles. The van der Waals surface area contributed by atoms with Crippen molar-refractivity contribution in [1.82, 2.24) is 21.2 Å². The van der Waals surface area contributed by atoms with E-state index in [1.165, 1.54) is 0 Å². The zero-order valence-corrected chi connectivity index (χ0v) is 18.0. The summed E-state index contributed by atoms with van der Waals surface area (Å²) >= 11 is 0. The van der Waals surface area contributed by atoms with E-state index in [0.29, 0.717) is 5.56 Å². The van der Waals surface area contributed by atoms with Crippen LogP contribution in [0.4, 0.5) is 0 Å². The highest BCUT2D eigenvalue weighted by molar-refractivity contribution is 5.96. The quantitative estimate of drug-likeness (QED) is 0.442. The number of amides is 3. The smallest absolute Gasteiger partial charge is 0.269 e. The molecule has 0 radical (unpaired) electrons. The summed E-state index contributed by atoms with van der Waals surface area (Å²) in [5.41, 5.74) is 8.31. The molecule has 0 aliphatic rings. The Bertz CT molecular complexity index is 1070. The molecule has 0 spiro atoms. The summed E-state index contributed by atoms with van der Waals surface area (Å²) in [6, 6.07) is 14.1. The topological polar surface area (TPSA) is 103 Å². The van der Waals surface area contributed by atoms with Gasteiger partial charge < -0.3 is 10.3 Å². The summed E-state index contributed by atoms with van der Waals surface area (Å²) in [5, 5.41) is 3.77. The normalized spacial score (nSPS) is 11.9. The van der Waals surface area contributed by atoms with Gasteiger partial charge >= 0.3 is 0 Å². The van der Waals surface area contributed by atoms with Crippen molar-refractivity contribution >= 4 is 28.6 Å². The molecule has 0 aliphatic carbocycles. The number of carbonyl (C=O) groups excluding carboxylic acids is 3. The van der Waals surface area contributed by atoms with Crippen molar-refractivity contribution in [3.8, 4) is 0 Å². The maximum atomic E-state index is 12.8. The first-order chi connectivity index (χ1) is 14.9. The van der Waals surface area contributed by atoms with E-state index in [9.17, 15) is 14.4 Å². The van der Waals surface area contributed by atoms with Gasteiger partial charge in [-0.1, -0.05) is 51.1 Å². The van der Waals surface area contributed by atoms with Gasteiger partial charge in [-0.2, -0.15) is 0 Å². The van der Waals surface area contributed by atoms with Gasteiger partial charge in [0.2, 0.25) is 5.91 Å². The Labute approximate surface area is 181 Å². The van der Waals surface area contributed by atoms with Crippen LogP contribution in [0.3, 0.4) is 0 Å². The molecule has 0 saturated heterocycles. The molecule has 31 heavy (non-hydrogen) atoms. The number of fused-ring (bicyclic) bond motifs is 1.